The number of rotatable bonds is 9. The quantitative estimate of drug-likeness (QED) is 0.342. The van der Waals surface area contributed by atoms with E-state index in [0.29, 0.717) is 17.2 Å². The predicted molar refractivity (Wildman–Crippen MR) is 117 cm³/mol. The zero-order chi connectivity index (χ0) is 25.1. The Kier molecular flexibility index (Phi) is 6.75. The highest BCUT2D eigenvalue weighted by atomic mass is 32.2. The molecule has 184 valence electrons. The fourth-order valence-corrected chi connectivity index (χ4v) is 4.02. The first-order valence-electron chi connectivity index (χ1n) is 10.00. The highest BCUT2D eigenvalue weighted by Gasteiger charge is 2.31. The average Bonchev–Trinajstić information content (AvgIpc) is 3.24. The number of aromatic nitrogens is 4. The molecular formula is C21H18F3N5O5S. The van der Waals surface area contributed by atoms with Crippen LogP contribution in [0.15, 0.2) is 65.6 Å². The molecule has 0 aliphatic rings. The van der Waals surface area contributed by atoms with Crippen molar-refractivity contribution in [3.63, 3.8) is 0 Å². The molecule has 2 heterocycles. The lowest BCUT2D eigenvalue weighted by Gasteiger charge is -2.10. The van der Waals surface area contributed by atoms with Crippen LogP contribution in [0.5, 0.6) is 17.4 Å². The summed E-state index contributed by atoms with van der Waals surface area (Å²) in [5.74, 6) is 0.850. The normalized spacial score (nSPS) is 12.0. The van der Waals surface area contributed by atoms with Gasteiger partial charge in [0.1, 0.15) is 18.1 Å². The highest BCUT2D eigenvalue weighted by molar-refractivity contribution is 7.89. The van der Waals surface area contributed by atoms with Crippen molar-refractivity contribution >= 4 is 15.7 Å². The zero-order valence-electron chi connectivity index (χ0n) is 18.1. The summed E-state index contributed by atoms with van der Waals surface area (Å²) in [6.45, 7) is -0.177. The Balaban J connectivity index is 1.37. The average molecular weight is 509 g/mol. The van der Waals surface area contributed by atoms with Gasteiger partial charge in [-0.25, -0.2) is 13.1 Å². The van der Waals surface area contributed by atoms with Crippen molar-refractivity contribution in [1.82, 2.24) is 24.5 Å². The lowest BCUT2D eigenvalue weighted by atomic mass is 10.2. The van der Waals surface area contributed by atoms with Crippen molar-refractivity contribution in [2.75, 3.05) is 20.3 Å². The van der Waals surface area contributed by atoms with Crippen LogP contribution in [0, 0.1) is 0 Å². The van der Waals surface area contributed by atoms with Gasteiger partial charge in [0.05, 0.1) is 12.0 Å². The van der Waals surface area contributed by atoms with Crippen molar-refractivity contribution in [2.45, 2.75) is 11.3 Å². The monoisotopic (exact) mass is 509 g/mol. The lowest BCUT2D eigenvalue weighted by Crippen LogP contribution is -2.28. The van der Waals surface area contributed by atoms with E-state index in [0.717, 1.165) is 29.8 Å². The second-order valence-electron chi connectivity index (χ2n) is 6.96. The minimum absolute atomic E-state index is 0.0625. The van der Waals surface area contributed by atoms with Gasteiger partial charge in [-0.05, 0) is 54.6 Å². The number of halogens is 3. The number of ether oxygens (including phenoxy) is 3. The molecule has 14 heteroatoms. The van der Waals surface area contributed by atoms with Gasteiger partial charge in [0.2, 0.25) is 15.9 Å². The minimum atomic E-state index is -4.87. The molecule has 2 aromatic heterocycles. The second kappa shape index (κ2) is 9.76. The molecule has 0 saturated heterocycles. The van der Waals surface area contributed by atoms with Crippen LogP contribution < -0.4 is 18.9 Å². The molecule has 10 nitrogen and oxygen atoms in total. The van der Waals surface area contributed by atoms with E-state index in [2.05, 4.69) is 24.8 Å². The molecule has 0 saturated carbocycles. The van der Waals surface area contributed by atoms with Crippen LogP contribution in [0.2, 0.25) is 0 Å². The van der Waals surface area contributed by atoms with Crippen molar-refractivity contribution in [3.8, 4) is 28.8 Å². The molecule has 0 bridgehead atoms. The van der Waals surface area contributed by atoms with Crippen LogP contribution in [-0.2, 0) is 10.0 Å². The van der Waals surface area contributed by atoms with Gasteiger partial charge >= 0.3 is 6.36 Å². The van der Waals surface area contributed by atoms with Gasteiger partial charge in [-0.1, -0.05) is 0 Å². The zero-order valence-corrected chi connectivity index (χ0v) is 18.9. The molecule has 0 aliphatic carbocycles. The smallest absolute Gasteiger partial charge is 0.497 e. The van der Waals surface area contributed by atoms with Crippen LogP contribution in [0.25, 0.3) is 17.0 Å². The van der Waals surface area contributed by atoms with Crippen LogP contribution in [0.1, 0.15) is 0 Å². The molecule has 1 N–H and O–H groups in total. The van der Waals surface area contributed by atoms with Gasteiger partial charge in [0.25, 0.3) is 0 Å². The third-order valence-electron chi connectivity index (χ3n) is 4.60. The SMILES string of the molecule is COc1ccc(-c2nnc3ccc(OCCNS(=O)(=O)c4ccc(OC(F)(F)F)cc4)nn23)cc1. The summed E-state index contributed by atoms with van der Waals surface area (Å²) in [5.41, 5.74) is 1.24. The summed E-state index contributed by atoms with van der Waals surface area (Å²) < 4.78 is 79.6. The number of fused-ring (bicyclic) bond motifs is 1. The summed E-state index contributed by atoms with van der Waals surface area (Å²) in [6.07, 6.45) is -4.87. The molecule has 0 atom stereocenters. The Morgan fingerprint density at radius 3 is 2.29 bits per heavy atom. The Morgan fingerprint density at radius 2 is 1.63 bits per heavy atom. The number of sulfonamides is 1. The molecule has 4 rings (SSSR count). The molecule has 2 aromatic carbocycles. The Morgan fingerprint density at radius 1 is 0.943 bits per heavy atom. The van der Waals surface area contributed by atoms with E-state index in [1.54, 1.807) is 43.5 Å². The summed E-state index contributed by atoms with van der Waals surface area (Å²) in [4.78, 5) is -0.222. The molecule has 4 aromatic rings. The third kappa shape index (κ3) is 5.96. The summed E-state index contributed by atoms with van der Waals surface area (Å²) in [6, 6.07) is 14.2. The first-order valence-corrected chi connectivity index (χ1v) is 11.5. The van der Waals surface area contributed by atoms with E-state index < -0.39 is 22.1 Å². The fourth-order valence-electron chi connectivity index (χ4n) is 3.00. The number of alkyl halides is 3. The topological polar surface area (TPSA) is 117 Å². The van der Waals surface area contributed by atoms with Crippen molar-refractivity contribution in [3.05, 3.63) is 60.7 Å². The van der Waals surface area contributed by atoms with E-state index in [9.17, 15) is 21.6 Å². The van der Waals surface area contributed by atoms with Gasteiger partial charge in [-0.3, -0.25) is 0 Å². The number of nitrogens with one attached hydrogen (secondary N) is 1. The summed E-state index contributed by atoms with van der Waals surface area (Å²) >= 11 is 0. The van der Waals surface area contributed by atoms with Crippen LogP contribution in [0.3, 0.4) is 0 Å². The summed E-state index contributed by atoms with van der Waals surface area (Å²) in [5, 5.41) is 12.5. The van der Waals surface area contributed by atoms with E-state index in [1.165, 1.54) is 4.52 Å². The maximum absolute atomic E-state index is 12.4. The molecule has 0 amide bonds. The number of hydrogen-bond acceptors (Lipinski definition) is 8. The standard InChI is InChI=1S/C21H18F3N5O5S/c1-32-15-4-2-14(3-5-15)20-27-26-18-10-11-19(28-29(18)20)33-13-12-25-35(30,31)17-8-6-16(7-9-17)34-21(22,23)24/h2-11,25H,12-13H2,1H3. The van der Waals surface area contributed by atoms with E-state index in [-0.39, 0.29) is 23.9 Å². The fraction of sp³-hybridized carbons (Fsp3) is 0.190. The Labute approximate surface area is 197 Å². The molecule has 0 spiro atoms. The maximum Gasteiger partial charge on any atom is 0.573 e. The van der Waals surface area contributed by atoms with Crippen molar-refractivity contribution in [2.24, 2.45) is 0 Å². The van der Waals surface area contributed by atoms with E-state index >= 15 is 0 Å². The first kappa shape index (κ1) is 24.2. The number of methoxy groups -OCH3 is 1. The molecular weight excluding hydrogens is 491 g/mol. The van der Waals surface area contributed by atoms with Gasteiger partial charge in [-0.2, -0.15) is 4.52 Å². The Hall–Kier alpha value is -3.91. The lowest BCUT2D eigenvalue weighted by molar-refractivity contribution is -0.274. The first-order chi connectivity index (χ1) is 16.6. The number of benzene rings is 2. The highest BCUT2D eigenvalue weighted by Crippen LogP contribution is 2.24. The minimum Gasteiger partial charge on any atom is -0.497 e. The molecule has 0 aliphatic heterocycles. The van der Waals surface area contributed by atoms with Crippen LogP contribution in [-0.4, -0.2) is 54.9 Å². The Bertz CT molecular complexity index is 1410. The molecule has 0 unspecified atom stereocenters. The van der Waals surface area contributed by atoms with Crippen molar-refractivity contribution < 1.29 is 35.8 Å². The van der Waals surface area contributed by atoms with Gasteiger partial charge in [0.15, 0.2) is 11.5 Å². The van der Waals surface area contributed by atoms with Crippen molar-refractivity contribution in [1.29, 1.82) is 0 Å². The number of nitrogens with zero attached hydrogens (tertiary/aromatic N) is 4. The van der Waals surface area contributed by atoms with E-state index in [4.69, 9.17) is 9.47 Å². The molecule has 0 radical (unpaired) electrons. The predicted octanol–water partition coefficient (Wildman–Crippen LogP) is 3.06. The van der Waals surface area contributed by atoms with Gasteiger partial charge in [-0.15, -0.1) is 28.5 Å². The summed E-state index contributed by atoms with van der Waals surface area (Å²) in [7, 11) is -2.41. The largest absolute Gasteiger partial charge is 0.573 e. The van der Waals surface area contributed by atoms with Crippen LogP contribution in [0.4, 0.5) is 13.2 Å². The molecule has 0 fully saturated rings. The number of hydrogen-bond donors (Lipinski definition) is 1. The van der Waals surface area contributed by atoms with Gasteiger partial charge in [0, 0.05) is 18.2 Å². The van der Waals surface area contributed by atoms with E-state index in [1.807, 2.05) is 0 Å². The third-order valence-corrected chi connectivity index (χ3v) is 6.08. The second-order valence-corrected chi connectivity index (χ2v) is 8.73. The maximum atomic E-state index is 12.4. The van der Waals surface area contributed by atoms with Crippen LogP contribution >= 0.6 is 0 Å². The molecule has 35 heavy (non-hydrogen) atoms. The van der Waals surface area contributed by atoms with Gasteiger partial charge < -0.3 is 14.2 Å².